The van der Waals surface area contributed by atoms with Crippen LogP contribution in [-0.2, 0) is 4.74 Å². The number of nitrogens with zero attached hydrogens (tertiary/aromatic N) is 2. The largest absolute Gasteiger partial charge is 0.462 e. The third-order valence-corrected chi connectivity index (χ3v) is 4.42. The van der Waals surface area contributed by atoms with Crippen LogP contribution in [0.2, 0.25) is 0 Å². The molecule has 0 spiro atoms. The Labute approximate surface area is 154 Å². The van der Waals surface area contributed by atoms with Crippen LogP contribution in [0.1, 0.15) is 30.1 Å². The molecule has 0 aliphatic rings. The van der Waals surface area contributed by atoms with Crippen LogP contribution in [-0.4, -0.2) is 27.8 Å². The van der Waals surface area contributed by atoms with E-state index in [1.807, 2.05) is 24.4 Å². The van der Waals surface area contributed by atoms with Crippen LogP contribution < -0.4 is 10.9 Å². The molecule has 0 aliphatic carbocycles. The van der Waals surface area contributed by atoms with E-state index >= 15 is 0 Å². The third-order valence-electron chi connectivity index (χ3n) is 3.54. The molecule has 0 amide bonds. The number of carbonyl (C=O) groups is 1. The predicted molar refractivity (Wildman–Crippen MR) is 101 cm³/mol. The van der Waals surface area contributed by atoms with Crippen molar-refractivity contribution in [3.05, 3.63) is 57.7 Å². The highest BCUT2D eigenvalue weighted by Gasteiger charge is 2.10. The summed E-state index contributed by atoms with van der Waals surface area (Å²) in [5.74, 6) is -0.179. The number of benzene rings is 1. The Kier molecular flexibility index (Phi) is 5.75. The second-order valence-electron chi connectivity index (χ2n) is 5.52. The smallest absolute Gasteiger partial charge is 0.338 e. The molecular weight excluding hydrogens is 352 g/mol. The lowest BCUT2D eigenvalue weighted by Gasteiger charge is -2.08. The summed E-state index contributed by atoms with van der Waals surface area (Å²) in [6.07, 6.45) is 1.79. The van der Waals surface area contributed by atoms with Gasteiger partial charge in [-0.3, -0.25) is 9.78 Å². The van der Waals surface area contributed by atoms with Gasteiger partial charge in [-0.1, -0.05) is 25.5 Å². The van der Waals surface area contributed by atoms with Gasteiger partial charge in [0.15, 0.2) is 5.69 Å². The van der Waals surface area contributed by atoms with E-state index in [9.17, 15) is 9.59 Å². The number of hydrogen-bond donors (Lipinski definition) is 2. The number of unbranched alkanes of at least 4 members (excludes halogenated alkanes) is 1. The highest BCUT2D eigenvalue weighted by molar-refractivity contribution is 7.13. The number of rotatable bonds is 7. The fraction of sp³-hybridized carbons (Fsp3) is 0.222. The molecule has 0 saturated carbocycles. The Bertz CT molecular complexity index is 938. The molecule has 0 aliphatic heterocycles. The van der Waals surface area contributed by atoms with E-state index in [1.165, 1.54) is 11.3 Å². The summed E-state index contributed by atoms with van der Waals surface area (Å²) in [5.41, 5.74) is 0.972. The molecular formula is C18H18N4O3S. The van der Waals surface area contributed by atoms with Crippen molar-refractivity contribution in [2.45, 2.75) is 19.8 Å². The molecule has 0 unspecified atom stereocenters. The van der Waals surface area contributed by atoms with E-state index < -0.39 is 0 Å². The zero-order chi connectivity index (χ0) is 18.4. The van der Waals surface area contributed by atoms with E-state index in [1.54, 1.807) is 24.3 Å². The third kappa shape index (κ3) is 4.34. The number of carbonyl (C=O) groups excluding carboxylic acids is 1. The minimum absolute atomic E-state index is 0.201. The van der Waals surface area contributed by atoms with Gasteiger partial charge in [0.1, 0.15) is 0 Å². The molecule has 7 nitrogen and oxygen atoms in total. The van der Waals surface area contributed by atoms with Crippen molar-refractivity contribution < 1.29 is 9.53 Å². The van der Waals surface area contributed by atoms with Crippen molar-refractivity contribution in [1.82, 2.24) is 15.2 Å². The van der Waals surface area contributed by atoms with Crippen LogP contribution in [0, 0.1) is 0 Å². The number of aromatic amines is 1. The van der Waals surface area contributed by atoms with E-state index in [0.29, 0.717) is 17.9 Å². The van der Waals surface area contributed by atoms with Gasteiger partial charge in [0.2, 0.25) is 5.95 Å². The molecule has 2 N–H and O–H groups in total. The van der Waals surface area contributed by atoms with Crippen LogP contribution in [0.3, 0.4) is 0 Å². The Morgan fingerprint density at radius 3 is 2.88 bits per heavy atom. The first-order chi connectivity index (χ1) is 12.7. The summed E-state index contributed by atoms with van der Waals surface area (Å²) in [5, 5.41) is 12.8. The van der Waals surface area contributed by atoms with Crippen molar-refractivity contribution >= 4 is 28.9 Å². The molecule has 3 rings (SSSR count). The lowest BCUT2D eigenvalue weighted by Crippen LogP contribution is -2.15. The van der Waals surface area contributed by atoms with E-state index in [2.05, 4.69) is 20.5 Å². The first kappa shape index (κ1) is 17.8. The molecule has 0 saturated heterocycles. The number of H-pyrrole nitrogens is 1. The molecule has 0 bridgehead atoms. The second kappa shape index (κ2) is 8.39. The minimum atomic E-state index is -0.380. The van der Waals surface area contributed by atoms with Gasteiger partial charge in [0.25, 0.3) is 5.56 Å². The molecule has 3 aromatic rings. The monoisotopic (exact) mass is 370 g/mol. The molecule has 2 aromatic heterocycles. The van der Waals surface area contributed by atoms with Gasteiger partial charge >= 0.3 is 5.97 Å². The summed E-state index contributed by atoms with van der Waals surface area (Å²) in [4.78, 5) is 27.6. The summed E-state index contributed by atoms with van der Waals surface area (Å²) in [6.45, 7) is 2.43. The van der Waals surface area contributed by atoms with Crippen molar-refractivity contribution in [3.63, 3.8) is 0 Å². The lowest BCUT2D eigenvalue weighted by molar-refractivity contribution is 0.0500. The van der Waals surface area contributed by atoms with Gasteiger partial charge in [-0.15, -0.1) is 21.5 Å². The molecule has 0 atom stereocenters. The van der Waals surface area contributed by atoms with Crippen LogP contribution in [0.25, 0.3) is 10.6 Å². The SMILES string of the molecule is CCCCOC(=O)c1cccc(Nc2nnc(-c3cccs3)c(=O)[nH]2)c1. The summed E-state index contributed by atoms with van der Waals surface area (Å²) in [7, 11) is 0. The van der Waals surface area contributed by atoms with E-state index in [4.69, 9.17) is 4.74 Å². The van der Waals surface area contributed by atoms with Crippen molar-refractivity contribution in [2.24, 2.45) is 0 Å². The quantitative estimate of drug-likeness (QED) is 0.487. The van der Waals surface area contributed by atoms with Crippen molar-refractivity contribution in [1.29, 1.82) is 0 Å². The van der Waals surface area contributed by atoms with Gasteiger partial charge in [-0.25, -0.2) is 4.79 Å². The Morgan fingerprint density at radius 2 is 2.15 bits per heavy atom. The lowest BCUT2D eigenvalue weighted by atomic mass is 10.2. The molecule has 8 heteroatoms. The van der Waals surface area contributed by atoms with Gasteiger partial charge in [0.05, 0.1) is 17.0 Å². The van der Waals surface area contributed by atoms with Crippen LogP contribution in [0.5, 0.6) is 0 Å². The van der Waals surface area contributed by atoms with Gasteiger partial charge in [0, 0.05) is 5.69 Å². The summed E-state index contributed by atoms with van der Waals surface area (Å²) in [6, 6.07) is 10.5. The highest BCUT2D eigenvalue weighted by Crippen LogP contribution is 2.19. The minimum Gasteiger partial charge on any atom is -0.462 e. The number of ether oxygens (including phenoxy) is 1. The molecule has 1 aromatic carbocycles. The highest BCUT2D eigenvalue weighted by atomic mass is 32.1. The van der Waals surface area contributed by atoms with Crippen LogP contribution in [0.4, 0.5) is 11.6 Å². The Hall–Kier alpha value is -3.00. The van der Waals surface area contributed by atoms with Crippen LogP contribution >= 0.6 is 11.3 Å². The first-order valence-corrected chi connectivity index (χ1v) is 9.10. The average molecular weight is 370 g/mol. The Morgan fingerprint density at radius 1 is 1.27 bits per heavy atom. The predicted octanol–water partition coefficient (Wildman–Crippen LogP) is 3.59. The number of thiophene rings is 1. The normalized spacial score (nSPS) is 10.5. The van der Waals surface area contributed by atoms with Crippen molar-refractivity contribution in [2.75, 3.05) is 11.9 Å². The Balaban J connectivity index is 1.73. The van der Waals surface area contributed by atoms with Gasteiger partial charge in [-0.2, -0.15) is 0 Å². The van der Waals surface area contributed by atoms with Crippen molar-refractivity contribution in [3.8, 4) is 10.6 Å². The first-order valence-electron chi connectivity index (χ1n) is 8.22. The maximum absolute atomic E-state index is 12.2. The number of esters is 1. The fourth-order valence-corrected chi connectivity index (χ4v) is 2.93. The number of aromatic nitrogens is 3. The standard InChI is InChI=1S/C18H18N4O3S/c1-2-3-9-25-17(24)12-6-4-7-13(11-12)19-18-20-16(23)15(21-22-18)14-8-5-10-26-14/h4-8,10-11H,2-3,9H2,1H3,(H2,19,20,22,23). The number of nitrogens with one attached hydrogen (secondary N) is 2. The molecule has 2 heterocycles. The zero-order valence-corrected chi connectivity index (χ0v) is 15.0. The average Bonchev–Trinajstić information content (AvgIpc) is 3.16. The second-order valence-corrected chi connectivity index (χ2v) is 6.47. The maximum atomic E-state index is 12.2. The van der Waals surface area contributed by atoms with E-state index in [-0.39, 0.29) is 23.2 Å². The maximum Gasteiger partial charge on any atom is 0.338 e. The summed E-state index contributed by atoms with van der Waals surface area (Å²) >= 11 is 1.42. The molecule has 134 valence electrons. The number of anilines is 2. The van der Waals surface area contributed by atoms with Gasteiger partial charge < -0.3 is 10.1 Å². The summed E-state index contributed by atoms with van der Waals surface area (Å²) < 4.78 is 5.20. The van der Waals surface area contributed by atoms with Crippen LogP contribution in [0.15, 0.2) is 46.6 Å². The zero-order valence-electron chi connectivity index (χ0n) is 14.2. The molecule has 0 radical (unpaired) electrons. The topological polar surface area (TPSA) is 97.0 Å². The van der Waals surface area contributed by atoms with E-state index in [0.717, 1.165) is 17.7 Å². The molecule has 26 heavy (non-hydrogen) atoms. The van der Waals surface area contributed by atoms with Gasteiger partial charge in [-0.05, 0) is 36.1 Å². The number of hydrogen-bond acceptors (Lipinski definition) is 7. The molecule has 0 fully saturated rings. The fourth-order valence-electron chi connectivity index (χ4n) is 2.22.